The SMILES string of the molecule is O=C(NC1CCN(C(=O)c2ccc(C(F)(F)F)cc2)CC1)c1cccs1. The number of nitrogens with one attached hydrogen (secondary N) is 1. The number of piperidine rings is 1. The van der Waals surface area contributed by atoms with Crippen molar-refractivity contribution in [2.45, 2.75) is 25.1 Å². The first-order chi connectivity index (χ1) is 12.3. The summed E-state index contributed by atoms with van der Waals surface area (Å²) in [4.78, 5) is 26.7. The minimum absolute atomic E-state index is 0.0127. The summed E-state index contributed by atoms with van der Waals surface area (Å²) in [6, 6.07) is 7.80. The Bertz CT molecular complexity index is 765. The fourth-order valence-corrected chi connectivity index (χ4v) is 3.50. The molecule has 1 fully saturated rings. The number of alkyl halides is 3. The van der Waals surface area contributed by atoms with Crippen molar-refractivity contribution in [2.75, 3.05) is 13.1 Å². The fraction of sp³-hybridized carbons (Fsp3) is 0.333. The van der Waals surface area contributed by atoms with E-state index in [0.717, 1.165) is 12.1 Å². The summed E-state index contributed by atoms with van der Waals surface area (Å²) < 4.78 is 37.8. The van der Waals surface area contributed by atoms with Crippen molar-refractivity contribution in [3.05, 3.63) is 57.8 Å². The highest BCUT2D eigenvalue weighted by atomic mass is 32.1. The zero-order valence-electron chi connectivity index (χ0n) is 13.8. The van der Waals surface area contributed by atoms with E-state index in [2.05, 4.69) is 5.32 Å². The molecular formula is C18H17F3N2O2S. The number of carbonyl (C=O) groups is 2. The molecule has 0 saturated carbocycles. The highest BCUT2D eigenvalue weighted by Gasteiger charge is 2.31. The van der Waals surface area contributed by atoms with Gasteiger partial charge in [0.25, 0.3) is 11.8 Å². The van der Waals surface area contributed by atoms with Crippen molar-refractivity contribution >= 4 is 23.2 Å². The van der Waals surface area contributed by atoms with E-state index in [9.17, 15) is 22.8 Å². The van der Waals surface area contributed by atoms with Crippen molar-refractivity contribution in [1.29, 1.82) is 0 Å². The number of nitrogens with zero attached hydrogens (tertiary/aromatic N) is 1. The van der Waals surface area contributed by atoms with Gasteiger partial charge in [-0.05, 0) is 48.6 Å². The van der Waals surface area contributed by atoms with Gasteiger partial charge in [0.2, 0.25) is 0 Å². The van der Waals surface area contributed by atoms with Crippen LogP contribution in [-0.4, -0.2) is 35.8 Å². The van der Waals surface area contributed by atoms with E-state index in [1.165, 1.54) is 23.5 Å². The number of hydrogen-bond acceptors (Lipinski definition) is 3. The van der Waals surface area contributed by atoms with Crippen molar-refractivity contribution < 1.29 is 22.8 Å². The van der Waals surface area contributed by atoms with Gasteiger partial charge in [-0.25, -0.2) is 0 Å². The molecule has 2 amide bonds. The van der Waals surface area contributed by atoms with Gasteiger partial charge in [0.15, 0.2) is 0 Å². The lowest BCUT2D eigenvalue weighted by atomic mass is 10.0. The maximum absolute atomic E-state index is 12.6. The molecule has 1 aromatic heterocycles. The third-order valence-electron chi connectivity index (χ3n) is 4.32. The van der Waals surface area contributed by atoms with Crippen LogP contribution in [0.1, 0.15) is 38.4 Å². The number of halogens is 3. The van der Waals surface area contributed by atoms with Gasteiger partial charge < -0.3 is 10.2 Å². The number of likely N-dealkylation sites (tertiary alicyclic amines) is 1. The second kappa shape index (κ2) is 7.49. The molecule has 138 valence electrons. The Hall–Kier alpha value is -2.35. The van der Waals surface area contributed by atoms with Crippen molar-refractivity contribution in [1.82, 2.24) is 10.2 Å². The van der Waals surface area contributed by atoms with E-state index in [4.69, 9.17) is 0 Å². The van der Waals surface area contributed by atoms with E-state index in [1.807, 2.05) is 11.4 Å². The summed E-state index contributed by atoms with van der Waals surface area (Å²) in [6.07, 6.45) is -3.19. The summed E-state index contributed by atoms with van der Waals surface area (Å²) >= 11 is 1.37. The molecule has 2 aromatic rings. The molecule has 0 spiro atoms. The lowest BCUT2D eigenvalue weighted by Crippen LogP contribution is -2.46. The summed E-state index contributed by atoms with van der Waals surface area (Å²) in [7, 11) is 0. The Balaban J connectivity index is 1.54. The van der Waals surface area contributed by atoms with Crippen LogP contribution in [0, 0.1) is 0 Å². The topological polar surface area (TPSA) is 49.4 Å². The van der Waals surface area contributed by atoms with Crippen LogP contribution >= 0.6 is 11.3 Å². The quantitative estimate of drug-likeness (QED) is 0.878. The lowest BCUT2D eigenvalue weighted by molar-refractivity contribution is -0.137. The standard InChI is InChI=1S/C18H17F3N2O2S/c19-18(20,21)13-5-3-12(4-6-13)17(25)23-9-7-14(8-10-23)22-16(24)15-2-1-11-26-15/h1-6,11,14H,7-10H2,(H,22,24). The third-order valence-corrected chi connectivity index (χ3v) is 5.19. The summed E-state index contributed by atoms with van der Waals surface area (Å²) in [5.41, 5.74) is -0.539. The van der Waals surface area contributed by atoms with Gasteiger partial charge in [-0.3, -0.25) is 9.59 Å². The maximum atomic E-state index is 12.6. The first-order valence-corrected chi connectivity index (χ1v) is 9.03. The smallest absolute Gasteiger partial charge is 0.348 e. The van der Waals surface area contributed by atoms with Crippen LogP contribution in [0.5, 0.6) is 0 Å². The summed E-state index contributed by atoms with van der Waals surface area (Å²) in [6.45, 7) is 0.907. The molecule has 1 aromatic carbocycles. The highest BCUT2D eigenvalue weighted by molar-refractivity contribution is 7.12. The molecule has 3 rings (SSSR count). The average molecular weight is 382 g/mol. The van der Waals surface area contributed by atoms with Gasteiger partial charge in [0.1, 0.15) is 0 Å². The Kier molecular flexibility index (Phi) is 5.31. The fourth-order valence-electron chi connectivity index (χ4n) is 2.88. The number of rotatable bonds is 3. The molecule has 8 heteroatoms. The van der Waals surface area contributed by atoms with Crippen molar-refractivity contribution in [2.24, 2.45) is 0 Å². The molecule has 26 heavy (non-hydrogen) atoms. The predicted octanol–water partition coefficient (Wildman–Crippen LogP) is 3.80. The van der Waals surface area contributed by atoms with E-state index < -0.39 is 11.7 Å². The van der Waals surface area contributed by atoms with Crippen LogP contribution in [0.2, 0.25) is 0 Å². The molecule has 0 bridgehead atoms. The van der Waals surface area contributed by atoms with E-state index in [0.29, 0.717) is 30.8 Å². The monoisotopic (exact) mass is 382 g/mol. The number of amides is 2. The molecule has 4 nitrogen and oxygen atoms in total. The molecule has 1 aliphatic heterocycles. The van der Waals surface area contributed by atoms with Crippen molar-refractivity contribution in [3.63, 3.8) is 0 Å². The normalized spacial score (nSPS) is 15.7. The average Bonchev–Trinajstić information content (AvgIpc) is 3.16. The molecule has 0 aliphatic carbocycles. The van der Waals surface area contributed by atoms with Crippen LogP contribution in [0.15, 0.2) is 41.8 Å². The molecule has 0 atom stereocenters. The molecule has 2 heterocycles. The summed E-state index contributed by atoms with van der Waals surface area (Å²) in [5.74, 6) is -0.408. The Morgan fingerprint density at radius 2 is 1.73 bits per heavy atom. The number of hydrogen-bond donors (Lipinski definition) is 1. The van der Waals surface area contributed by atoms with Crippen LogP contribution in [0.3, 0.4) is 0 Å². The molecule has 1 aliphatic rings. The van der Waals surface area contributed by atoms with E-state index >= 15 is 0 Å². The van der Waals surface area contributed by atoms with E-state index in [-0.39, 0.29) is 23.4 Å². The van der Waals surface area contributed by atoms with Gasteiger partial charge in [-0.1, -0.05) is 6.07 Å². The zero-order valence-corrected chi connectivity index (χ0v) is 14.6. The van der Waals surface area contributed by atoms with Gasteiger partial charge >= 0.3 is 6.18 Å². The third kappa shape index (κ3) is 4.24. The number of thiophene rings is 1. The van der Waals surface area contributed by atoms with Crippen LogP contribution in [0.25, 0.3) is 0 Å². The Labute approximate surface area is 152 Å². The molecule has 1 saturated heterocycles. The van der Waals surface area contributed by atoms with Crippen molar-refractivity contribution in [3.8, 4) is 0 Å². The van der Waals surface area contributed by atoms with E-state index in [1.54, 1.807) is 11.0 Å². The first kappa shape index (κ1) is 18.4. The first-order valence-electron chi connectivity index (χ1n) is 8.15. The molecular weight excluding hydrogens is 365 g/mol. The van der Waals surface area contributed by atoms with Gasteiger partial charge in [-0.15, -0.1) is 11.3 Å². The molecule has 0 unspecified atom stereocenters. The van der Waals surface area contributed by atoms with Gasteiger partial charge in [0.05, 0.1) is 10.4 Å². The Morgan fingerprint density at radius 1 is 1.08 bits per heavy atom. The highest BCUT2D eigenvalue weighted by Crippen LogP contribution is 2.29. The minimum Gasteiger partial charge on any atom is -0.348 e. The Morgan fingerprint density at radius 3 is 2.27 bits per heavy atom. The van der Waals surface area contributed by atoms with Crippen LogP contribution in [-0.2, 0) is 6.18 Å². The van der Waals surface area contributed by atoms with Crippen LogP contribution < -0.4 is 5.32 Å². The lowest BCUT2D eigenvalue weighted by Gasteiger charge is -2.32. The predicted molar refractivity (Wildman–Crippen MR) is 92.2 cm³/mol. The maximum Gasteiger partial charge on any atom is 0.416 e. The molecule has 0 radical (unpaired) electrons. The van der Waals surface area contributed by atoms with Crippen LogP contribution in [0.4, 0.5) is 13.2 Å². The minimum atomic E-state index is -4.42. The largest absolute Gasteiger partial charge is 0.416 e. The number of carbonyl (C=O) groups excluding carboxylic acids is 2. The summed E-state index contributed by atoms with van der Waals surface area (Å²) in [5, 5.41) is 4.79. The van der Waals surface area contributed by atoms with Gasteiger partial charge in [0, 0.05) is 24.7 Å². The number of benzene rings is 1. The second-order valence-electron chi connectivity index (χ2n) is 6.09. The second-order valence-corrected chi connectivity index (χ2v) is 7.04. The molecule has 1 N–H and O–H groups in total. The van der Waals surface area contributed by atoms with Gasteiger partial charge in [-0.2, -0.15) is 13.2 Å². The zero-order chi connectivity index (χ0) is 18.7.